The maximum Gasteiger partial charge on any atom is 0.181 e. The standard InChI is InChI=1S/C16H12N4/c1-3-7-12(8-4-1)14-15-16(18-11-17-15)20(19-14)13-9-5-2-6-10-13/h1-11H,(H,17,18). The summed E-state index contributed by atoms with van der Waals surface area (Å²) in [5, 5.41) is 4.71. The van der Waals surface area contributed by atoms with Crippen molar-refractivity contribution in [3.05, 3.63) is 67.0 Å². The van der Waals surface area contributed by atoms with Crippen molar-refractivity contribution < 1.29 is 0 Å². The highest BCUT2D eigenvalue weighted by atomic mass is 15.3. The summed E-state index contributed by atoms with van der Waals surface area (Å²) in [6, 6.07) is 20.2. The molecule has 4 nitrogen and oxygen atoms in total. The van der Waals surface area contributed by atoms with Gasteiger partial charge in [0.1, 0.15) is 11.2 Å². The van der Waals surface area contributed by atoms with E-state index in [1.165, 1.54) is 0 Å². The van der Waals surface area contributed by atoms with E-state index >= 15 is 0 Å². The summed E-state index contributed by atoms with van der Waals surface area (Å²) in [5.41, 5.74) is 4.81. The third-order valence-corrected chi connectivity index (χ3v) is 3.30. The van der Waals surface area contributed by atoms with E-state index in [0.717, 1.165) is 28.1 Å². The number of nitrogens with one attached hydrogen (secondary N) is 1. The maximum atomic E-state index is 4.71. The topological polar surface area (TPSA) is 46.5 Å². The first-order valence-electron chi connectivity index (χ1n) is 6.46. The molecule has 2 aromatic carbocycles. The lowest BCUT2D eigenvalue weighted by atomic mass is 10.1. The normalized spacial score (nSPS) is 11.0. The number of nitrogens with zero attached hydrogens (tertiary/aromatic N) is 3. The van der Waals surface area contributed by atoms with Crippen molar-refractivity contribution >= 4 is 11.2 Å². The molecule has 96 valence electrons. The van der Waals surface area contributed by atoms with Crippen molar-refractivity contribution in [1.29, 1.82) is 0 Å². The Morgan fingerprint density at radius 2 is 1.55 bits per heavy atom. The predicted octanol–water partition coefficient (Wildman–Crippen LogP) is 3.42. The Morgan fingerprint density at radius 3 is 2.30 bits per heavy atom. The number of fused-ring (bicyclic) bond motifs is 1. The monoisotopic (exact) mass is 260 g/mol. The van der Waals surface area contributed by atoms with Gasteiger partial charge in [-0.2, -0.15) is 5.10 Å². The molecule has 2 heterocycles. The Balaban J connectivity index is 1.99. The number of H-pyrrole nitrogens is 1. The van der Waals surface area contributed by atoms with Crippen LogP contribution in [0.15, 0.2) is 67.0 Å². The van der Waals surface area contributed by atoms with E-state index < -0.39 is 0 Å². The van der Waals surface area contributed by atoms with Crippen LogP contribution in [-0.4, -0.2) is 19.7 Å². The molecular formula is C16H12N4. The van der Waals surface area contributed by atoms with Gasteiger partial charge in [-0.25, -0.2) is 9.67 Å². The van der Waals surface area contributed by atoms with Crippen LogP contribution < -0.4 is 0 Å². The van der Waals surface area contributed by atoms with E-state index in [0.29, 0.717) is 0 Å². The van der Waals surface area contributed by atoms with Gasteiger partial charge in [-0.1, -0.05) is 48.5 Å². The van der Waals surface area contributed by atoms with Gasteiger partial charge >= 0.3 is 0 Å². The summed E-state index contributed by atoms with van der Waals surface area (Å²) < 4.78 is 1.87. The molecule has 0 spiro atoms. The molecule has 0 saturated carbocycles. The van der Waals surface area contributed by atoms with Gasteiger partial charge in [-0.3, -0.25) is 0 Å². The lowest BCUT2D eigenvalue weighted by Crippen LogP contribution is -1.96. The second-order valence-corrected chi connectivity index (χ2v) is 4.56. The summed E-state index contributed by atoms with van der Waals surface area (Å²) in [7, 11) is 0. The first-order chi connectivity index (χ1) is 9.93. The third-order valence-electron chi connectivity index (χ3n) is 3.30. The second kappa shape index (κ2) is 4.35. The van der Waals surface area contributed by atoms with E-state index in [2.05, 4.69) is 22.1 Å². The van der Waals surface area contributed by atoms with Gasteiger partial charge in [0.05, 0.1) is 12.0 Å². The largest absolute Gasteiger partial charge is 0.341 e. The molecule has 2 aromatic heterocycles. The molecule has 4 rings (SSSR count). The summed E-state index contributed by atoms with van der Waals surface area (Å²) in [5.74, 6) is 0. The fourth-order valence-corrected chi connectivity index (χ4v) is 2.37. The van der Waals surface area contributed by atoms with Gasteiger partial charge in [-0.05, 0) is 12.1 Å². The van der Waals surface area contributed by atoms with Crippen molar-refractivity contribution in [3.63, 3.8) is 0 Å². The molecule has 20 heavy (non-hydrogen) atoms. The summed E-state index contributed by atoms with van der Waals surface area (Å²) in [6.45, 7) is 0. The van der Waals surface area contributed by atoms with Crippen LogP contribution in [0.4, 0.5) is 0 Å². The highest BCUT2D eigenvalue weighted by molar-refractivity contribution is 5.88. The summed E-state index contributed by atoms with van der Waals surface area (Å²) >= 11 is 0. The smallest absolute Gasteiger partial charge is 0.181 e. The Hall–Kier alpha value is -2.88. The lowest BCUT2D eigenvalue weighted by Gasteiger charge is -2.00. The van der Waals surface area contributed by atoms with Crippen molar-refractivity contribution in [1.82, 2.24) is 19.7 Å². The second-order valence-electron chi connectivity index (χ2n) is 4.56. The van der Waals surface area contributed by atoms with Crippen molar-refractivity contribution in [2.75, 3.05) is 0 Å². The number of aromatic nitrogens is 4. The SMILES string of the molecule is c1ccc(-c2nn(-c3ccccc3)c3nc[nH]c23)cc1. The van der Waals surface area contributed by atoms with Crippen molar-refractivity contribution in [2.24, 2.45) is 0 Å². The molecule has 0 atom stereocenters. The lowest BCUT2D eigenvalue weighted by molar-refractivity contribution is 0.900. The quantitative estimate of drug-likeness (QED) is 0.600. The van der Waals surface area contributed by atoms with Gasteiger partial charge in [0.2, 0.25) is 0 Å². The minimum absolute atomic E-state index is 0.843. The van der Waals surface area contributed by atoms with Crippen LogP contribution in [-0.2, 0) is 0 Å². The van der Waals surface area contributed by atoms with Crippen LogP contribution in [0.3, 0.4) is 0 Å². The van der Waals surface area contributed by atoms with Crippen LogP contribution in [0.2, 0.25) is 0 Å². The number of imidazole rings is 1. The van der Waals surface area contributed by atoms with E-state index in [9.17, 15) is 0 Å². The average Bonchev–Trinajstić information content (AvgIpc) is 3.11. The van der Waals surface area contributed by atoms with Crippen molar-refractivity contribution in [3.8, 4) is 16.9 Å². The minimum atomic E-state index is 0.843. The molecule has 4 heteroatoms. The minimum Gasteiger partial charge on any atom is -0.341 e. The zero-order valence-corrected chi connectivity index (χ0v) is 10.7. The van der Waals surface area contributed by atoms with Gasteiger partial charge in [0.15, 0.2) is 5.65 Å². The Labute approximate surface area is 115 Å². The molecule has 0 radical (unpaired) electrons. The maximum absolute atomic E-state index is 4.71. The highest BCUT2D eigenvalue weighted by Gasteiger charge is 2.15. The van der Waals surface area contributed by atoms with E-state index in [-0.39, 0.29) is 0 Å². The molecule has 4 aromatic rings. The summed E-state index contributed by atoms with van der Waals surface area (Å²) in [4.78, 5) is 7.57. The molecule has 1 N–H and O–H groups in total. The highest BCUT2D eigenvalue weighted by Crippen LogP contribution is 2.27. The first-order valence-corrected chi connectivity index (χ1v) is 6.46. The number of benzene rings is 2. The van der Waals surface area contributed by atoms with Crippen molar-refractivity contribution in [2.45, 2.75) is 0 Å². The predicted molar refractivity (Wildman–Crippen MR) is 78.7 cm³/mol. The molecular weight excluding hydrogens is 248 g/mol. The number of aromatic amines is 1. The molecule has 0 bridgehead atoms. The zero-order chi connectivity index (χ0) is 13.4. The van der Waals surface area contributed by atoms with Crippen LogP contribution in [0.1, 0.15) is 0 Å². The van der Waals surface area contributed by atoms with Gasteiger partial charge in [0.25, 0.3) is 0 Å². The third kappa shape index (κ3) is 1.62. The van der Waals surface area contributed by atoms with Crippen LogP contribution in [0, 0.1) is 0 Å². The number of rotatable bonds is 2. The molecule has 0 aliphatic rings. The van der Waals surface area contributed by atoms with Gasteiger partial charge < -0.3 is 4.98 Å². The fourth-order valence-electron chi connectivity index (χ4n) is 2.37. The Kier molecular flexibility index (Phi) is 2.39. The van der Waals surface area contributed by atoms with Crippen LogP contribution in [0.5, 0.6) is 0 Å². The van der Waals surface area contributed by atoms with E-state index in [1.807, 2.05) is 53.2 Å². The molecule has 0 aliphatic heterocycles. The van der Waals surface area contributed by atoms with E-state index in [1.54, 1.807) is 6.33 Å². The summed E-state index contributed by atoms with van der Waals surface area (Å²) in [6.07, 6.45) is 1.71. The Bertz CT molecular complexity index is 775. The number of hydrogen-bond acceptors (Lipinski definition) is 2. The van der Waals surface area contributed by atoms with Gasteiger partial charge in [-0.15, -0.1) is 0 Å². The number of hydrogen-bond donors (Lipinski definition) is 1. The molecule has 0 aliphatic carbocycles. The number of para-hydroxylation sites is 1. The molecule has 0 fully saturated rings. The fraction of sp³-hybridized carbons (Fsp3) is 0. The molecule has 0 amide bonds. The van der Waals surface area contributed by atoms with Gasteiger partial charge in [0, 0.05) is 5.56 Å². The van der Waals surface area contributed by atoms with E-state index in [4.69, 9.17) is 5.10 Å². The average molecular weight is 260 g/mol. The van der Waals surface area contributed by atoms with Crippen LogP contribution >= 0.6 is 0 Å². The molecule has 0 saturated heterocycles. The Morgan fingerprint density at radius 1 is 0.850 bits per heavy atom. The zero-order valence-electron chi connectivity index (χ0n) is 10.7. The molecule has 0 unspecified atom stereocenters. The first kappa shape index (κ1) is 11.0. The van der Waals surface area contributed by atoms with Crippen LogP contribution in [0.25, 0.3) is 28.1 Å².